The predicted octanol–water partition coefficient (Wildman–Crippen LogP) is 3.60. The number of nitrogens with one attached hydrogen (secondary N) is 2. The zero-order chi connectivity index (χ0) is 18.6. The van der Waals surface area contributed by atoms with Crippen molar-refractivity contribution in [2.45, 2.75) is 13.0 Å². The van der Waals surface area contributed by atoms with Gasteiger partial charge in [0.15, 0.2) is 6.79 Å². The number of benzene rings is 2. The molecule has 2 aromatic carbocycles. The number of amides is 2. The average molecular weight is 367 g/mol. The van der Waals surface area contributed by atoms with Gasteiger partial charge in [0, 0.05) is 35.3 Å². The maximum Gasteiger partial charge on any atom is 0.319 e. The fourth-order valence-electron chi connectivity index (χ4n) is 3.15. The molecule has 3 aromatic rings. The van der Waals surface area contributed by atoms with E-state index in [0.717, 1.165) is 10.8 Å². The molecule has 1 aliphatic heterocycles. The Kier molecular flexibility index (Phi) is 4.84. The van der Waals surface area contributed by atoms with Gasteiger partial charge in [-0.15, -0.1) is 0 Å². The fraction of sp³-hybridized carbons (Fsp3) is 0.200. The Morgan fingerprint density at radius 2 is 2.19 bits per heavy atom. The molecule has 0 spiro atoms. The Morgan fingerprint density at radius 3 is 3.11 bits per heavy atom. The van der Waals surface area contributed by atoms with Crippen LogP contribution in [-0.2, 0) is 17.8 Å². The minimum atomic E-state index is -0.341. The number of carbonyl (C=O) groups excluding carboxylic acids is 1. The summed E-state index contributed by atoms with van der Waals surface area (Å²) in [7, 11) is 0. The lowest BCUT2D eigenvalue weighted by molar-refractivity contribution is -0.0172. The van der Waals surface area contributed by atoms with E-state index in [1.165, 1.54) is 12.1 Å². The number of carbonyl (C=O) groups is 1. The number of fused-ring (bicyclic) bond motifs is 2. The highest BCUT2D eigenvalue weighted by Gasteiger charge is 2.17. The Labute approximate surface area is 155 Å². The van der Waals surface area contributed by atoms with E-state index in [1.807, 2.05) is 24.3 Å². The minimum absolute atomic E-state index is 0.148. The summed E-state index contributed by atoms with van der Waals surface area (Å²) in [5.74, 6) is 0.304. The van der Waals surface area contributed by atoms with Gasteiger partial charge in [-0.05, 0) is 36.2 Å². The first kappa shape index (κ1) is 17.2. The van der Waals surface area contributed by atoms with E-state index in [1.54, 1.807) is 12.4 Å². The van der Waals surface area contributed by atoms with E-state index < -0.39 is 0 Å². The number of hydrogen-bond acceptors (Lipinski definition) is 4. The van der Waals surface area contributed by atoms with Crippen molar-refractivity contribution in [3.63, 3.8) is 0 Å². The number of halogens is 1. The molecule has 7 heteroatoms. The monoisotopic (exact) mass is 367 g/mol. The van der Waals surface area contributed by atoms with Gasteiger partial charge in [0.25, 0.3) is 0 Å². The molecule has 1 aliphatic rings. The van der Waals surface area contributed by atoms with E-state index in [2.05, 4.69) is 15.6 Å². The largest absolute Gasteiger partial charge is 0.467 e. The summed E-state index contributed by atoms with van der Waals surface area (Å²) in [6.45, 7) is 0.817. The van der Waals surface area contributed by atoms with Gasteiger partial charge >= 0.3 is 6.03 Å². The van der Waals surface area contributed by atoms with Gasteiger partial charge in [-0.25, -0.2) is 9.18 Å². The van der Waals surface area contributed by atoms with Crippen molar-refractivity contribution in [1.82, 2.24) is 10.3 Å². The van der Waals surface area contributed by atoms with Crippen LogP contribution in [0.25, 0.3) is 10.8 Å². The first-order valence-electron chi connectivity index (χ1n) is 8.60. The first-order chi connectivity index (χ1) is 13.2. The zero-order valence-electron chi connectivity index (χ0n) is 14.5. The van der Waals surface area contributed by atoms with E-state index >= 15 is 0 Å². The van der Waals surface area contributed by atoms with Crippen LogP contribution in [0.5, 0.6) is 5.75 Å². The van der Waals surface area contributed by atoms with Gasteiger partial charge in [-0.2, -0.15) is 0 Å². The van der Waals surface area contributed by atoms with Crippen LogP contribution in [0.1, 0.15) is 11.1 Å². The number of rotatable bonds is 4. The highest BCUT2D eigenvalue weighted by Crippen LogP contribution is 2.29. The Morgan fingerprint density at radius 1 is 1.26 bits per heavy atom. The second-order valence-corrected chi connectivity index (χ2v) is 6.20. The van der Waals surface area contributed by atoms with Crippen molar-refractivity contribution < 1.29 is 18.7 Å². The van der Waals surface area contributed by atoms with Crippen molar-refractivity contribution >= 4 is 22.5 Å². The highest BCUT2D eigenvalue weighted by atomic mass is 19.1. The summed E-state index contributed by atoms with van der Waals surface area (Å²) in [6.07, 6.45) is 3.88. The third-order valence-corrected chi connectivity index (χ3v) is 4.36. The number of urea groups is 1. The molecule has 138 valence electrons. The Hall–Kier alpha value is -3.19. The number of nitrogens with zero attached hydrogens (tertiary/aromatic N) is 1. The summed E-state index contributed by atoms with van der Waals surface area (Å²) in [6, 6.07) is 9.99. The van der Waals surface area contributed by atoms with Crippen LogP contribution in [0, 0.1) is 5.82 Å². The molecule has 0 bridgehead atoms. The molecule has 0 radical (unpaired) electrons. The van der Waals surface area contributed by atoms with Crippen LogP contribution in [0.3, 0.4) is 0 Å². The molecule has 0 atom stereocenters. The number of pyridine rings is 1. The molecule has 27 heavy (non-hydrogen) atoms. The van der Waals surface area contributed by atoms with Crippen molar-refractivity contribution in [3.8, 4) is 5.75 Å². The molecule has 0 saturated heterocycles. The van der Waals surface area contributed by atoms with Gasteiger partial charge in [0.1, 0.15) is 11.6 Å². The summed E-state index contributed by atoms with van der Waals surface area (Å²) >= 11 is 0. The second kappa shape index (κ2) is 7.59. The van der Waals surface area contributed by atoms with Crippen LogP contribution >= 0.6 is 0 Å². The molecular formula is C20H18FN3O3. The van der Waals surface area contributed by atoms with Crippen molar-refractivity contribution in [1.29, 1.82) is 0 Å². The predicted molar refractivity (Wildman–Crippen MR) is 99.2 cm³/mol. The maximum absolute atomic E-state index is 13.8. The van der Waals surface area contributed by atoms with E-state index in [-0.39, 0.29) is 18.6 Å². The van der Waals surface area contributed by atoms with Crippen LogP contribution in [-0.4, -0.2) is 24.4 Å². The van der Waals surface area contributed by atoms with Gasteiger partial charge in [-0.3, -0.25) is 4.98 Å². The Bertz CT molecular complexity index is 988. The fourth-order valence-corrected chi connectivity index (χ4v) is 3.15. The molecule has 2 heterocycles. The third kappa shape index (κ3) is 3.83. The van der Waals surface area contributed by atoms with Crippen molar-refractivity contribution in [3.05, 3.63) is 65.7 Å². The molecule has 0 unspecified atom stereocenters. The van der Waals surface area contributed by atoms with E-state index in [0.29, 0.717) is 42.1 Å². The lowest BCUT2D eigenvalue weighted by Gasteiger charge is -2.21. The summed E-state index contributed by atoms with van der Waals surface area (Å²) in [4.78, 5) is 16.3. The standard InChI is InChI=1S/C20H18FN3O3/c21-16-8-13(19-15(9-16)11-26-12-27-19)4-7-23-20(25)24-18-3-1-2-14-10-22-6-5-17(14)18/h1-3,5-6,8-10H,4,7,11-12H2,(H2,23,24,25). The lowest BCUT2D eigenvalue weighted by atomic mass is 10.1. The molecule has 0 saturated carbocycles. The van der Waals surface area contributed by atoms with E-state index in [4.69, 9.17) is 9.47 Å². The number of anilines is 1. The molecular weight excluding hydrogens is 349 g/mol. The van der Waals surface area contributed by atoms with Crippen LogP contribution in [0.15, 0.2) is 48.8 Å². The van der Waals surface area contributed by atoms with E-state index in [9.17, 15) is 9.18 Å². The number of ether oxygens (including phenoxy) is 2. The number of hydrogen-bond donors (Lipinski definition) is 2. The zero-order valence-corrected chi connectivity index (χ0v) is 14.5. The third-order valence-electron chi connectivity index (χ3n) is 4.36. The Balaban J connectivity index is 1.40. The van der Waals surface area contributed by atoms with Crippen molar-refractivity contribution in [2.75, 3.05) is 18.7 Å². The van der Waals surface area contributed by atoms with Gasteiger partial charge in [-0.1, -0.05) is 12.1 Å². The summed E-state index contributed by atoms with van der Waals surface area (Å²) < 4.78 is 24.4. The molecule has 0 aliphatic carbocycles. The van der Waals surface area contributed by atoms with Crippen molar-refractivity contribution in [2.24, 2.45) is 0 Å². The van der Waals surface area contributed by atoms with Gasteiger partial charge in [0.05, 0.1) is 12.3 Å². The molecule has 2 amide bonds. The van der Waals surface area contributed by atoms with Crippen LogP contribution < -0.4 is 15.4 Å². The maximum atomic E-state index is 13.8. The quantitative estimate of drug-likeness (QED) is 0.739. The molecule has 0 fully saturated rings. The molecule has 1 aromatic heterocycles. The first-order valence-corrected chi connectivity index (χ1v) is 8.60. The topological polar surface area (TPSA) is 72.5 Å². The second-order valence-electron chi connectivity index (χ2n) is 6.20. The average Bonchev–Trinajstić information content (AvgIpc) is 2.68. The lowest BCUT2D eigenvalue weighted by Crippen LogP contribution is -2.30. The van der Waals surface area contributed by atoms with Gasteiger partial charge < -0.3 is 20.1 Å². The normalized spacial score (nSPS) is 12.9. The molecule has 2 N–H and O–H groups in total. The minimum Gasteiger partial charge on any atom is -0.467 e. The van der Waals surface area contributed by atoms with Crippen LogP contribution in [0.4, 0.5) is 14.9 Å². The van der Waals surface area contributed by atoms with Gasteiger partial charge in [0.2, 0.25) is 0 Å². The summed E-state index contributed by atoms with van der Waals surface area (Å²) in [5.41, 5.74) is 2.10. The van der Waals surface area contributed by atoms with Crippen LogP contribution in [0.2, 0.25) is 0 Å². The highest BCUT2D eigenvalue weighted by molar-refractivity contribution is 6.01. The SMILES string of the molecule is O=C(NCCc1cc(F)cc2c1OCOC2)Nc1cccc2cnccc12. The summed E-state index contributed by atoms with van der Waals surface area (Å²) in [5, 5.41) is 7.50. The molecule has 6 nitrogen and oxygen atoms in total. The molecule has 4 rings (SSSR count). The number of aromatic nitrogens is 1. The smallest absolute Gasteiger partial charge is 0.319 e.